The van der Waals surface area contributed by atoms with Gasteiger partial charge < -0.3 is 9.64 Å². The van der Waals surface area contributed by atoms with Gasteiger partial charge in [-0.05, 0) is 18.6 Å². The Hall–Kier alpha value is -2.02. The molecule has 0 N–H and O–H groups in total. The van der Waals surface area contributed by atoms with Gasteiger partial charge in [0.05, 0.1) is 11.5 Å². The van der Waals surface area contributed by atoms with E-state index in [4.69, 9.17) is 4.74 Å². The van der Waals surface area contributed by atoms with E-state index >= 15 is 0 Å². The summed E-state index contributed by atoms with van der Waals surface area (Å²) in [6, 6.07) is 1.96. The monoisotopic (exact) mass is 270 g/mol. The molecule has 7 heteroatoms. The second-order valence-electron chi connectivity index (χ2n) is 4.10. The van der Waals surface area contributed by atoms with E-state index in [1.54, 1.807) is 7.05 Å². The van der Waals surface area contributed by atoms with Gasteiger partial charge in [0.15, 0.2) is 0 Å². The van der Waals surface area contributed by atoms with Crippen LogP contribution in [0.2, 0.25) is 0 Å². The number of likely N-dealkylation sites (N-methyl/N-ethyl adjacent to an activating group) is 1. The molecule has 1 aromatic rings. The molecule has 0 saturated heterocycles. The topological polar surface area (TPSA) is 72.7 Å². The van der Waals surface area contributed by atoms with Crippen molar-refractivity contribution in [3.63, 3.8) is 0 Å². The number of halogens is 1. The Balaban J connectivity index is 3.09. The molecule has 0 aliphatic carbocycles. The highest BCUT2D eigenvalue weighted by Gasteiger charge is 2.22. The number of hydrogen-bond donors (Lipinski definition) is 0. The molecule has 0 aliphatic rings. The molecule has 0 atom stereocenters. The van der Waals surface area contributed by atoms with Crippen molar-refractivity contribution in [2.75, 3.05) is 27.3 Å². The summed E-state index contributed by atoms with van der Waals surface area (Å²) in [4.78, 5) is 23.3. The van der Waals surface area contributed by atoms with Crippen LogP contribution in [0.4, 0.5) is 10.1 Å². The van der Waals surface area contributed by atoms with Crippen molar-refractivity contribution in [3.8, 4) is 0 Å². The van der Waals surface area contributed by atoms with Crippen LogP contribution in [-0.4, -0.2) is 43.0 Å². The first kappa shape index (κ1) is 15.0. The Morgan fingerprint density at radius 3 is 2.68 bits per heavy atom. The molecular weight excluding hydrogens is 255 g/mol. The SMILES string of the molecule is COCCN(C)C(=O)c1cc([N+](=O)[O-])c(F)cc1C. The van der Waals surface area contributed by atoms with Crippen LogP contribution in [0.1, 0.15) is 15.9 Å². The van der Waals surface area contributed by atoms with Gasteiger partial charge in [0.1, 0.15) is 0 Å². The van der Waals surface area contributed by atoms with Crippen molar-refractivity contribution >= 4 is 11.6 Å². The second kappa shape index (κ2) is 6.24. The number of amides is 1. The number of nitro groups is 1. The smallest absolute Gasteiger partial charge is 0.305 e. The summed E-state index contributed by atoms with van der Waals surface area (Å²) in [6.45, 7) is 2.23. The van der Waals surface area contributed by atoms with Crippen molar-refractivity contribution in [1.29, 1.82) is 0 Å². The number of nitrogens with zero attached hydrogens (tertiary/aromatic N) is 2. The van der Waals surface area contributed by atoms with Crippen LogP contribution in [0, 0.1) is 22.9 Å². The van der Waals surface area contributed by atoms with Crippen LogP contribution in [0.3, 0.4) is 0 Å². The van der Waals surface area contributed by atoms with E-state index in [0.29, 0.717) is 18.7 Å². The van der Waals surface area contributed by atoms with Crippen LogP contribution in [0.5, 0.6) is 0 Å². The third kappa shape index (κ3) is 3.47. The minimum Gasteiger partial charge on any atom is -0.383 e. The average Bonchev–Trinajstić information content (AvgIpc) is 2.34. The van der Waals surface area contributed by atoms with Gasteiger partial charge in [-0.1, -0.05) is 0 Å². The molecule has 0 bridgehead atoms. The van der Waals surface area contributed by atoms with E-state index in [1.807, 2.05) is 0 Å². The third-order valence-corrected chi connectivity index (χ3v) is 2.70. The fourth-order valence-corrected chi connectivity index (χ4v) is 1.57. The average molecular weight is 270 g/mol. The summed E-state index contributed by atoms with van der Waals surface area (Å²) in [5.74, 6) is -1.35. The highest BCUT2D eigenvalue weighted by atomic mass is 19.1. The van der Waals surface area contributed by atoms with Crippen molar-refractivity contribution < 1.29 is 18.8 Å². The van der Waals surface area contributed by atoms with Crippen molar-refractivity contribution in [2.45, 2.75) is 6.92 Å². The molecule has 1 amide bonds. The van der Waals surface area contributed by atoms with Crippen LogP contribution < -0.4 is 0 Å². The first-order chi connectivity index (χ1) is 8.88. The lowest BCUT2D eigenvalue weighted by Gasteiger charge is -2.17. The number of nitro benzene ring substituents is 1. The summed E-state index contributed by atoms with van der Waals surface area (Å²) < 4.78 is 18.2. The van der Waals surface area contributed by atoms with Gasteiger partial charge in [0.25, 0.3) is 5.91 Å². The maximum absolute atomic E-state index is 13.4. The van der Waals surface area contributed by atoms with Crippen LogP contribution in [0.15, 0.2) is 12.1 Å². The van der Waals surface area contributed by atoms with E-state index in [9.17, 15) is 19.3 Å². The van der Waals surface area contributed by atoms with Gasteiger partial charge in [-0.2, -0.15) is 4.39 Å². The van der Waals surface area contributed by atoms with Gasteiger partial charge in [-0.3, -0.25) is 14.9 Å². The molecule has 1 rings (SSSR count). The number of hydrogen-bond acceptors (Lipinski definition) is 4. The fourth-order valence-electron chi connectivity index (χ4n) is 1.57. The minimum absolute atomic E-state index is 0.117. The van der Waals surface area contributed by atoms with Gasteiger partial charge in [-0.15, -0.1) is 0 Å². The van der Waals surface area contributed by atoms with E-state index in [2.05, 4.69) is 0 Å². The lowest BCUT2D eigenvalue weighted by Crippen LogP contribution is -2.30. The van der Waals surface area contributed by atoms with E-state index in [1.165, 1.54) is 18.9 Å². The number of aryl methyl sites for hydroxylation is 1. The summed E-state index contributed by atoms with van der Waals surface area (Å²) in [7, 11) is 3.06. The minimum atomic E-state index is -0.946. The number of ether oxygens (including phenoxy) is 1. The first-order valence-electron chi connectivity index (χ1n) is 5.57. The second-order valence-corrected chi connectivity index (χ2v) is 4.10. The standard InChI is InChI=1S/C12H15FN2O4/c1-8-6-10(13)11(15(17)18)7-9(8)12(16)14(2)4-5-19-3/h6-7H,4-5H2,1-3H3. The molecule has 6 nitrogen and oxygen atoms in total. The molecule has 0 aliphatic heterocycles. The number of carbonyl (C=O) groups excluding carboxylic acids is 1. The molecule has 0 aromatic heterocycles. The molecule has 0 spiro atoms. The Morgan fingerprint density at radius 1 is 1.53 bits per heavy atom. The van der Waals surface area contributed by atoms with Gasteiger partial charge in [-0.25, -0.2) is 0 Å². The summed E-state index contributed by atoms with van der Waals surface area (Å²) in [5.41, 5.74) is -0.224. The Labute approximate surface area is 109 Å². The molecular formula is C12H15FN2O4. The highest BCUT2D eigenvalue weighted by molar-refractivity contribution is 5.96. The number of benzene rings is 1. The molecule has 1 aromatic carbocycles. The van der Waals surface area contributed by atoms with E-state index in [-0.39, 0.29) is 5.56 Å². The largest absolute Gasteiger partial charge is 0.383 e. The maximum atomic E-state index is 13.4. The van der Waals surface area contributed by atoms with Gasteiger partial charge in [0, 0.05) is 32.3 Å². The van der Waals surface area contributed by atoms with E-state index in [0.717, 1.165) is 12.1 Å². The van der Waals surface area contributed by atoms with Gasteiger partial charge in [0.2, 0.25) is 5.82 Å². The number of carbonyl (C=O) groups is 1. The zero-order valence-corrected chi connectivity index (χ0v) is 11.0. The molecule has 0 fully saturated rings. The van der Waals surface area contributed by atoms with Crippen molar-refractivity contribution in [3.05, 3.63) is 39.2 Å². The zero-order valence-electron chi connectivity index (χ0n) is 11.0. The van der Waals surface area contributed by atoms with Crippen molar-refractivity contribution in [2.24, 2.45) is 0 Å². The molecule has 19 heavy (non-hydrogen) atoms. The zero-order chi connectivity index (χ0) is 14.6. The first-order valence-corrected chi connectivity index (χ1v) is 5.57. The quantitative estimate of drug-likeness (QED) is 0.603. The summed E-state index contributed by atoms with van der Waals surface area (Å²) >= 11 is 0. The van der Waals surface area contributed by atoms with Crippen LogP contribution >= 0.6 is 0 Å². The Kier molecular flexibility index (Phi) is 4.94. The fraction of sp³-hybridized carbons (Fsp3) is 0.417. The number of methoxy groups -OCH3 is 1. The molecule has 0 heterocycles. The van der Waals surface area contributed by atoms with Crippen molar-refractivity contribution in [1.82, 2.24) is 4.90 Å². The third-order valence-electron chi connectivity index (χ3n) is 2.70. The maximum Gasteiger partial charge on any atom is 0.305 e. The lowest BCUT2D eigenvalue weighted by molar-refractivity contribution is -0.387. The predicted octanol–water partition coefficient (Wildman–Crippen LogP) is 1.76. The van der Waals surface area contributed by atoms with Crippen LogP contribution in [0.25, 0.3) is 0 Å². The molecule has 104 valence electrons. The molecule has 0 unspecified atom stereocenters. The molecule has 0 saturated carbocycles. The van der Waals surface area contributed by atoms with Crippen LogP contribution in [-0.2, 0) is 4.74 Å². The predicted molar refractivity (Wildman–Crippen MR) is 66.6 cm³/mol. The molecule has 0 radical (unpaired) electrons. The summed E-state index contributed by atoms with van der Waals surface area (Å²) in [5, 5.41) is 10.7. The van der Waals surface area contributed by atoms with E-state index < -0.39 is 22.3 Å². The summed E-state index contributed by atoms with van der Waals surface area (Å²) in [6.07, 6.45) is 0. The Morgan fingerprint density at radius 2 is 2.16 bits per heavy atom. The lowest BCUT2D eigenvalue weighted by atomic mass is 10.1. The highest BCUT2D eigenvalue weighted by Crippen LogP contribution is 2.22. The normalized spacial score (nSPS) is 10.3. The number of rotatable bonds is 5. The Bertz CT molecular complexity index is 505. The van der Waals surface area contributed by atoms with Gasteiger partial charge >= 0.3 is 5.69 Å².